The second kappa shape index (κ2) is 6.41. The third kappa shape index (κ3) is 3.30. The lowest BCUT2D eigenvalue weighted by molar-refractivity contribution is -0.126. The van der Waals surface area contributed by atoms with Crippen molar-refractivity contribution in [2.24, 2.45) is 5.73 Å². The molecule has 6 nitrogen and oxygen atoms in total. The molecule has 1 aromatic carbocycles. The SMILES string of the molecule is CC(N)(C(=O)NCc1nnc2n1CCCC2)c1ccc(Br)cc1. The number of hydrogen-bond donors (Lipinski definition) is 2. The van der Waals surface area contributed by atoms with Gasteiger partial charge in [0.25, 0.3) is 0 Å². The smallest absolute Gasteiger partial charge is 0.244 e. The Morgan fingerprint density at radius 1 is 1.35 bits per heavy atom. The molecule has 3 rings (SSSR count). The van der Waals surface area contributed by atoms with Gasteiger partial charge in [0.15, 0.2) is 5.82 Å². The Hall–Kier alpha value is -1.73. The Labute approximate surface area is 143 Å². The number of aryl methyl sites for hydroxylation is 1. The minimum absolute atomic E-state index is 0.229. The van der Waals surface area contributed by atoms with Crippen LogP contribution >= 0.6 is 15.9 Å². The van der Waals surface area contributed by atoms with Crippen LogP contribution in [0.2, 0.25) is 0 Å². The maximum atomic E-state index is 12.5. The van der Waals surface area contributed by atoms with Crippen LogP contribution in [0.4, 0.5) is 0 Å². The third-order valence-electron chi connectivity index (χ3n) is 4.26. The summed E-state index contributed by atoms with van der Waals surface area (Å²) in [6.45, 7) is 2.97. The number of amides is 1. The van der Waals surface area contributed by atoms with Crippen molar-refractivity contribution in [3.63, 3.8) is 0 Å². The van der Waals surface area contributed by atoms with Gasteiger partial charge < -0.3 is 15.6 Å². The van der Waals surface area contributed by atoms with Gasteiger partial charge in [0, 0.05) is 17.4 Å². The number of aromatic nitrogens is 3. The number of hydrogen-bond acceptors (Lipinski definition) is 4. The van der Waals surface area contributed by atoms with Crippen molar-refractivity contribution in [3.05, 3.63) is 46.0 Å². The highest BCUT2D eigenvalue weighted by Gasteiger charge is 2.30. The summed E-state index contributed by atoms with van der Waals surface area (Å²) < 4.78 is 3.05. The quantitative estimate of drug-likeness (QED) is 0.851. The first-order valence-corrected chi connectivity index (χ1v) is 8.52. The van der Waals surface area contributed by atoms with Crippen molar-refractivity contribution in [2.45, 2.75) is 44.8 Å². The summed E-state index contributed by atoms with van der Waals surface area (Å²) in [7, 11) is 0. The fraction of sp³-hybridized carbons (Fsp3) is 0.438. The van der Waals surface area contributed by atoms with Crippen LogP contribution < -0.4 is 11.1 Å². The molecule has 23 heavy (non-hydrogen) atoms. The lowest BCUT2D eigenvalue weighted by Gasteiger charge is -2.24. The molecule has 0 radical (unpaired) electrons. The standard InChI is InChI=1S/C16H20BrN5O/c1-16(18,11-5-7-12(17)8-6-11)15(23)19-10-14-21-20-13-4-2-3-9-22(13)14/h5-8H,2-4,9-10,18H2,1H3,(H,19,23). The molecule has 7 heteroatoms. The molecule has 1 aliphatic rings. The number of fused-ring (bicyclic) bond motifs is 1. The normalized spacial score (nSPS) is 16.5. The average Bonchev–Trinajstić information content (AvgIpc) is 2.96. The van der Waals surface area contributed by atoms with E-state index in [-0.39, 0.29) is 5.91 Å². The van der Waals surface area contributed by atoms with Crippen molar-refractivity contribution >= 4 is 21.8 Å². The zero-order valence-corrected chi connectivity index (χ0v) is 14.6. The summed E-state index contributed by atoms with van der Waals surface area (Å²) >= 11 is 3.38. The number of halogens is 1. The molecule has 0 saturated heterocycles. The largest absolute Gasteiger partial charge is 0.347 e. The van der Waals surface area contributed by atoms with E-state index in [1.165, 1.54) is 0 Å². The molecule has 0 fully saturated rings. The van der Waals surface area contributed by atoms with Crippen LogP contribution in [0.3, 0.4) is 0 Å². The molecular weight excluding hydrogens is 358 g/mol. The monoisotopic (exact) mass is 377 g/mol. The molecule has 2 heterocycles. The molecule has 1 aliphatic heterocycles. The highest BCUT2D eigenvalue weighted by Crippen LogP contribution is 2.21. The van der Waals surface area contributed by atoms with Gasteiger partial charge in [0.05, 0.1) is 6.54 Å². The maximum absolute atomic E-state index is 12.5. The van der Waals surface area contributed by atoms with E-state index in [1.807, 2.05) is 24.3 Å². The van der Waals surface area contributed by atoms with Crippen LogP contribution in [-0.4, -0.2) is 20.7 Å². The molecule has 1 amide bonds. The fourth-order valence-electron chi connectivity index (χ4n) is 2.77. The summed E-state index contributed by atoms with van der Waals surface area (Å²) in [5.41, 5.74) is 5.91. The van der Waals surface area contributed by atoms with E-state index in [2.05, 4.69) is 36.0 Å². The zero-order chi connectivity index (χ0) is 16.4. The number of carbonyl (C=O) groups excluding carboxylic acids is 1. The molecule has 1 aromatic heterocycles. The van der Waals surface area contributed by atoms with Crippen molar-refractivity contribution in [3.8, 4) is 0 Å². The lowest BCUT2D eigenvalue weighted by atomic mass is 9.92. The highest BCUT2D eigenvalue weighted by atomic mass is 79.9. The van der Waals surface area contributed by atoms with E-state index in [1.54, 1.807) is 6.92 Å². The van der Waals surface area contributed by atoms with Crippen LogP contribution in [0.5, 0.6) is 0 Å². The van der Waals surface area contributed by atoms with E-state index in [0.29, 0.717) is 6.54 Å². The summed E-state index contributed by atoms with van der Waals surface area (Å²) in [5, 5.41) is 11.3. The summed E-state index contributed by atoms with van der Waals surface area (Å²) in [6, 6.07) is 7.45. The zero-order valence-electron chi connectivity index (χ0n) is 13.1. The topological polar surface area (TPSA) is 85.8 Å². The van der Waals surface area contributed by atoms with Crippen molar-refractivity contribution in [1.82, 2.24) is 20.1 Å². The summed E-state index contributed by atoms with van der Waals surface area (Å²) in [4.78, 5) is 12.5. The first-order chi connectivity index (χ1) is 11.0. The average molecular weight is 378 g/mol. The Kier molecular flexibility index (Phi) is 4.50. The van der Waals surface area contributed by atoms with Crippen LogP contribution in [-0.2, 0) is 29.8 Å². The summed E-state index contributed by atoms with van der Waals surface area (Å²) in [6.07, 6.45) is 3.23. The van der Waals surface area contributed by atoms with Crippen LogP contribution in [0.1, 0.15) is 37.0 Å². The van der Waals surface area contributed by atoms with Gasteiger partial charge in [-0.2, -0.15) is 0 Å². The van der Waals surface area contributed by atoms with E-state index >= 15 is 0 Å². The number of carbonyl (C=O) groups is 1. The molecule has 0 spiro atoms. The van der Waals surface area contributed by atoms with Crippen LogP contribution in [0.25, 0.3) is 0 Å². The van der Waals surface area contributed by atoms with Crippen LogP contribution in [0, 0.1) is 0 Å². The second-order valence-corrected chi connectivity index (χ2v) is 6.95. The Morgan fingerprint density at radius 3 is 2.83 bits per heavy atom. The first-order valence-electron chi connectivity index (χ1n) is 7.72. The van der Waals surface area contributed by atoms with Crippen molar-refractivity contribution in [2.75, 3.05) is 0 Å². The van der Waals surface area contributed by atoms with Gasteiger partial charge in [-0.05, 0) is 37.5 Å². The molecule has 0 saturated carbocycles. The van der Waals surface area contributed by atoms with Crippen LogP contribution in [0.15, 0.2) is 28.7 Å². The number of benzene rings is 1. The molecule has 3 N–H and O–H groups in total. The molecule has 2 aromatic rings. The van der Waals surface area contributed by atoms with E-state index in [4.69, 9.17) is 5.73 Å². The molecule has 122 valence electrons. The van der Waals surface area contributed by atoms with E-state index < -0.39 is 5.54 Å². The summed E-state index contributed by atoms with van der Waals surface area (Å²) in [5.74, 6) is 1.57. The molecule has 0 aliphatic carbocycles. The fourth-order valence-corrected chi connectivity index (χ4v) is 3.03. The minimum atomic E-state index is -1.09. The minimum Gasteiger partial charge on any atom is -0.347 e. The number of nitrogens with one attached hydrogen (secondary N) is 1. The predicted molar refractivity (Wildman–Crippen MR) is 90.5 cm³/mol. The van der Waals surface area contributed by atoms with Crippen molar-refractivity contribution < 1.29 is 4.79 Å². The van der Waals surface area contributed by atoms with Gasteiger partial charge in [-0.3, -0.25) is 4.79 Å². The molecule has 1 atom stereocenters. The molecular formula is C16H20BrN5O. The first kappa shape index (κ1) is 16.1. The van der Waals surface area contributed by atoms with E-state index in [9.17, 15) is 4.79 Å². The lowest BCUT2D eigenvalue weighted by Crippen LogP contribution is -2.49. The van der Waals surface area contributed by atoms with Gasteiger partial charge in [-0.15, -0.1) is 10.2 Å². The Bertz CT molecular complexity index is 708. The molecule has 1 unspecified atom stereocenters. The number of rotatable bonds is 4. The van der Waals surface area contributed by atoms with Gasteiger partial charge in [0.2, 0.25) is 5.91 Å². The highest BCUT2D eigenvalue weighted by molar-refractivity contribution is 9.10. The van der Waals surface area contributed by atoms with Crippen molar-refractivity contribution in [1.29, 1.82) is 0 Å². The Morgan fingerprint density at radius 2 is 2.09 bits per heavy atom. The predicted octanol–water partition coefficient (Wildman–Crippen LogP) is 1.87. The van der Waals surface area contributed by atoms with Gasteiger partial charge >= 0.3 is 0 Å². The number of nitrogens with two attached hydrogens (primary N) is 1. The maximum Gasteiger partial charge on any atom is 0.244 e. The van der Waals surface area contributed by atoms with Gasteiger partial charge in [-0.25, -0.2) is 0 Å². The Balaban J connectivity index is 1.69. The molecule has 0 bridgehead atoms. The second-order valence-electron chi connectivity index (χ2n) is 6.03. The van der Waals surface area contributed by atoms with Gasteiger partial charge in [0.1, 0.15) is 11.4 Å². The number of nitrogens with zero attached hydrogens (tertiary/aromatic N) is 3. The third-order valence-corrected chi connectivity index (χ3v) is 4.79. The van der Waals surface area contributed by atoms with Gasteiger partial charge in [-0.1, -0.05) is 28.1 Å². The van der Waals surface area contributed by atoms with E-state index in [0.717, 1.165) is 47.5 Å².